The highest BCUT2D eigenvalue weighted by Gasteiger charge is 2.23. The van der Waals surface area contributed by atoms with Gasteiger partial charge in [-0.15, -0.1) is 0 Å². The summed E-state index contributed by atoms with van der Waals surface area (Å²) in [5.41, 5.74) is 0. The van der Waals surface area contributed by atoms with Crippen molar-refractivity contribution in [1.82, 2.24) is 10.2 Å². The number of piperidine rings is 1. The Balaban J connectivity index is 1.73. The van der Waals surface area contributed by atoms with Gasteiger partial charge < -0.3 is 10.2 Å². The van der Waals surface area contributed by atoms with Crippen LogP contribution < -0.4 is 5.32 Å². The molecule has 2 aliphatic heterocycles. The van der Waals surface area contributed by atoms with Crippen LogP contribution in [0.25, 0.3) is 0 Å². The van der Waals surface area contributed by atoms with Crippen LogP contribution in [0.4, 0.5) is 0 Å². The Hall–Kier alpha value is 0.270. The molecule has 2 heterocycles. The highest BCUT2D eigenvalue weighted by molar-refractivity contribution is 7.99. The quantitative estimate of drug-likeness (QED) is 0.768. The van der Waals surface area contributed by atoms with Gasteiger partial charge in [-0.2, -0.15) is 11.8 Å². The standard InChI is InChI=1S/C11H22N2S/c1-2-13-6-3-4-10(8-13)12-11-5-7-14-9-11/h10-12H,2-9H2,1H3. The topological polar surface area (TPSA) is 15.3 Å². The Morgan fingerprint density at radius 2 is 2.29 bits per heavy atom. The van der Waals surface area contributed by atoms with E-state index in [0.717, 1.165) is 12.1 Å². The fourth-order valence-corrected chi connectivity index (χ4v) is 3.64. The minimum atomic E-state index is 0.771. The second kappa shape index (κ2) is 5.38. The van der Waals surface area contributed by atoms with Crippen molar-refractivity contribution in [3.05, 3.63) is 0 Å². The number of hydrogen-bond acceptors (Lipinski definition) is 3. The van der Waals surface area contributed by atoms with Gasteiger partial charge in [0.2, 0.25) is 0 Å². The molecule has 0 aliphatic carbocycles. The van der Waals surface area contributed by atoms with Crippen molar-refractivity contribution in [3.8, 4) is 0 Å². The van der Waals surface area contributed by atoms with Crippen LogP contribution >= 0.6 is 11.8 Å². The molecule has 1 N–H and O–H groups in total. The van der Waals surface area contributed by atoms with Gasteiger partial charge in [0.1, 0.15) is 0 Å². The zero-order valence-corrected chi connectivity index (χ0v) is 9.98. The average molecular weight is 214 g/mol. The van der Waals surface area contributed by atoms with Crippen molar-refractivity contribution in [2.75, 3.05) is 31.1 Å². The maximum Gasteiger partial charge on any atom is 0.0198 e. The number of hydrogen-bond donors (Lipinski definition) is 1. The number of nitrogens with one attached hydrogen (secondary N) is 1. The summed E-state index contributed by atoms with van der Waals surface area (Å²) in [7, 11) is 0. The van der Waals surface area contributed by atoms with Crippen LogP contribution in [-0.4, -0.2) is 48.1 Å². The molecule has 14 heavy (non-hydrogen) atoms. The number of likely N-dealkylation sites (tertiary alicyclic amines) is 1. The minimum absolute atomic E-state index is 0.771. The van der Waals surface area contributed by atoms with E-state index in [2.05, 4.69) is 28.9 Å². The molecule has 2 aliphatic rings. The van der Waals surface area contributed by atoms with Crippen LogP contribution in [0.1, 0.15) is 26.2 Å². The van der Waals surface area contributed by atoms with Gasteiger partial charge in [-0.1, -0.05) is 6.92 Å². The van der Waals surface area contributed by atoms with E-state index in [0.29, 0.717) is 0 Å². The van der Waals surface area contributed by atoms with Gasteiger partial charge in [0.05, 0.1) is 0 Å². The SMILES string of the molecule is CCN1CCCC(NC2CCSC2)C1. The molecule has 0 radical (unpaired) electrons. The van der Waals surface area contributed by atoms with E-state index in [1.807, 2.05) is 0 Å². The molecule has 0 spiro atoms. The fourth-order valence-electron chi connectivity index (χ4n) is 2.48. The lowest BCUT2D eigenvalue weighted by atomic mass is 10.0. The fraction of sp³-hybridized carbons (Fsp3) is 1.00. The first-order valence-corrected chi connectivity index (χ1v) is 7.10. The van der Waals surface area contributed by atoms with Crippen molar-refractivity contribution in [3.63, 3.8) is 0 Å². The molecule has 0 aromatic carbocycles. The van der Waals surface area contributed by atoms with Crippen molar-refractivity contribution >= 4 is 11.8 Å². The number of thioether (sulfide) groups is 1. The summed E-state index contributed by atoms with van der Waals surface area (Å²) < 4.78 is 0. The molecule has 2 unspecified atom stereocenters. The van der Waals surface area contributed by atoms with Gasteiger partial charge in [-0.25, -0.2) is 0 Å². The second-order valence-electron chi connectivity index (χ2n) is 4.46. The third-order valence-electron chi connectivity index (χ3n) is 3.35. The van der Waals surface area contributed by atoms with E-state index >= 15 is 0 Å². The molecule has 0 aromatic heterocycles. The Labute approximate surface area is 91.8 Å². The highest BCUT2D eigenvalue weighted by Crippen LogP contribution is 2.19. The zero-order valence-electron chi connectivity index (χ0n) is 9.17. The molecular formula is C11H22N2S. The van der Waals surface area contributed by atoms with Gasteiger partial charge in [-0.05, 0) is 38.1 Å². The van der Waals surface area contributed by atoms with Gasteiger partial charge in [0, 0.05) is 24.4 Å². The van der Waals surface area contributed by atoms with E-state index in [1.54, 1.807) is 0 Å². The lowest BCUT2D eigenvalue weighted by Gasteiger charge is -2.33. The molecule has 2 nitrogen and oxygen atoms in total. The van der Waals surface area contributed by atoms with Crippen LogP contribution in [0, 0.1) is 0 Å². The van der Waals surface area contributed by atoms with Gasteiger partial charge in [0.25, 0.3) is 0 Å². The lowest BCUT2D eigenvalue weighted by Crippen LogP contribution is -2.49. The molecule has 2 fully saturated rings. The molecule has 3 heteroatoms. The van der Waals surface area contributed by atoms with Gasteiger partial charge >= 0.3 is 0 Å². The molecule has 2 saturated heterocycles. The van der Waals surface area contributed by atoms with E-state index in [9.17, 15) is 0 Å². The summed E-state index contributed by atoms with van der Waals surface area (Å²) in [4.78, 5) is 2.57. The third kappa shape index (κ3) is 2.88. The molecule has 2 rings (SSSR count). The van der Waals surface area contributed by atoms with E-state index in [-0.39, 0.29) is 0 Å². The summed E-state index contributed by atoms with van der Waals surface area (Å²) in [5.74, 6) is 2.70. The first-order valence-electron chi connectivity index (χ1n) is 5.94. The van der Waals surface area contributed by atoms with Crippen molar-refractivity contribution in [2.24, 2.45) is 0 Å². The Morgan fingerprint density at radius 3 is 3.00 bits per heavy atom. The van der Waals surface area contributed by atoms with Crippen LogP contribution in [0.2, 0.25) is 0 Å². The molecule has 0 saturated carbocycles. The summed E-state index contributed by atoms with van der Waals surface area (Å²) in [6.45, 7) is 6.08. The number of nitrogens with zero attached hydrogens (tertiary/aromatic N) is 1. The predicted molar refractivity (Wildman–Crippen MR) is 64.0 cm³/mol. The minimum Gasteiger partial charge on any atom is -0.309 e. The lowest BCUT2D eigenvalue weighted by molar-refractivity contribution is 0.192. The molecular weight excluding hydrogens is 192 g/mol. The first kappa shape index (κ1) is 10.8. The average Bonchev–Trinajstić information content (AvgIpc) is 2.71. The van der Waals surface area contributed by atoms with Crippen molar-refractivity contribution in [1.29, 1.82) is 0 Å². The largest absolute Gasteiger partial charge is 0.309 e. The molecule has 0 bridgehead atoms. The number of likely N-dealkylation sites (N-methyl/N-ethyl adjacent to an activating group) is 1. The van der Waals surface area contributed by atoms with Crippen LogP contribution in [0.5, 0.6) is 0 Å². The second-order valence-corrected chi connectivity index (χ2v) is 5.61. The zero-order chi connectivity index (χ0) is 9.80. The number of rotatable bonds is 3. The van der Waals surface area contributed by atoms with Gasteiger partial charge in [-0.3, -0.25) is 0 Å². The third-order valence-corrected chi connectivity index (χ3v) is 4.52. The van der Waals surface area contributed by atoms with Crippen molar-refractivity contribution in [2.45, 2.75) is 38.3 Å². The Morgan fingerprint density at radius 1 is 1.36 bits per heavy atom. The Kier molecular flexibility index (Phi) is 4.14. The van der Waals surface area contributed by atoms with Crippen molar-refractivity contribution < 1.29 is 0 Å². The summed E-state index contributed by atoms with van der Waals surface area (Å²) in [6, 6.07) is 1.58. The van der Waals surface area contributed by atoms with E-state index in [4.69, 9.17) is 0 Å². The normalized spacial score (nSPS) is 34.9. The highest BCUT2D eigenvalue weighted by atomic mass is 32.2. The summed E-state index contributed by atoms with van der Waals surface area (Å²) in [6.07, 6.45) is 4.15. The van der Waals surface area contributed by atoms with Gasteiger partial charge in [0.15, 0.2) is 0 Å². The molecule has 82 valence electrons. The van der Waals surface area contributed by atoms with Crippen LogP contribution in [-0.2, 0) is 0 Å². The maximum atomic E-state index is 3.82. The summed E-state index contributed by atoms with van der Waals surface area (Å²) in [5, 5.41) is 3.82. The summed E-state index contributed by atoms with van der Waals surface area (Å²) >= 11 is 2.10. The Bertz CT molecular complexity index is 169. The molecule has 0 amide bonds. The smallest absolute Gasteiger partial charge is 0.0198 e. The van der Waals surface area contributed by atoms with Crippen LogP contribution in [0.3, 0.4) is 0 Å². The van der Waals surface area contributed by atoms with E-state index in [1.165, 1.54) is 50.4 Å². The first-order chi connectivity index (χ1) is 6.88. The van der Waals surface area contributed by atoms with Crippen LogP contribution in [0.15, 0.2) is 0 Å². The molecule has 2 atom stereocenters. The van der Waals surface area contributed by atoms with E-state index < -0.39 is 0 Å². The molecule has 0 aromatic rings. The predicted octanol–water partition coefficient (Wildman–Crippen LogP) is 1.57. The maximum absolute atomic E-state index is 3.82. The monoisotopic (exact) mass is 214 g/mol.